The lowest BCUT2D eigenvalue weighted by Crippen LogP contribution is -2.06. The molecule has 0 unspecified atom stereocenters. The van der Waals surface area contributed by atoms with E-state index in [-0.39, 0.29) is 0 Å². The number of thiazole rings is 1. The van der Waals surface area contributed by atoms with E-state index in [1.54, 1.807) is 11.3 Å². The first kappa shape index (κ1) is 13.9. The average Bonchev–Trinajstić information content (AvgIpc) is 2.60. The summed E-state index contributed by atoms with van der Waals surface area (Å²) in [4.78, 5) is 4.34. The molecule has 2 nitrogen and oxygen atoms in total. The van der Waals surface area contributed by atoms with E-state index in [0.29, 0.717) is 6.42 Å². The summed E-state index contributed by atoms with van der Waals surface area (Å²) in [7, 11) is 0. The molecule has 0 spiro atoms. The van der Waals surface area contributed by atoms with Crippen molar-refractivity contribution < 1.29 is 5.11 Å². The first-order chi connectivity index (χ1) is 7.49. The number of halogens is 1. The Labute approximate surface area is 114 Å². The fourth-order valence-corrected chi connectivity index (χ4v) is 2.06. The molecular weight excluding hydrogens is 333 g/mol. The number of aromatic nitrogens is 1. The van der Waals surface area contributed by atoms with Crippen molar-refractivity contribution in [3.8, 4) is 0 Å². The van der Waals surface area contributed by atoms with Crippen LogP contribution in [0.1, 0.15) is 31.0 Å². The van der Waals surface area contributed by atoms with Crippen LogP contribution in [0.4, 0.5) is 0 Å². The van der Waals surface area contributed by atoms with E-state index in [9.17, 15) is 5.11 Å². The van der Waals surface area contributed by atoms with Crippen LogP contribution in [0.5, 0.6) is 0 Å². The molecule has 0 aliphatic rings. The van der Waals surface area contributed by atoms with Crippen LogP contribution in [0.3, 0.4) is 0 Å². The summed E-state index contributed by atoms with van der Waals surface area (Å²) < 4.78 is 1.20. The molecule has 4 heteroatoms. The molecule has 0 aliphatic heterocycles. The van der Waals surface area contributed by atoms with Gasteiger partial charge in [-0.1, -0.05) is 6.08 Å². The summed E-state index contributed by atoms with van der Waals surface area (Å²) in [5.74, 6) is 0. The summed E-state index contributed by atoms with van der Waals surface area (Å²) in [6, 6.07) is 0. The standard InChI is InChI=1S/C12H16INOS/c1-8(12(15)5-4-9(2)13)6-11-7-16-10(3)14-11/h4,6-7,12,15H,5H2,1-3H3/b8-6?,9-4+/t12-/m1/s1. The minimum Gasteiger partial charge on any atom is -0.388 e. The molecule has 1 N–H and O–H groups in total. The van der Waals surface area contributed by atoms with Crippen LogP contribution in [0.25, 0.3) is 6.08 Å². The van der Waals surface area contributed by atoms with Crippen molar-refractivity contribution in [2.75, 3.05) is 0 Å². The maximum atomic E-state index is 9.89. The van der Waals surface area contributed by atoms with E-state index in [1.807, 2.05) is 38.3 Å². The Morgan fingerprint density at radius 3 is 2.81 bits per heavy atom. The minimum atomic E-state index is -0.410. The molecule has 0 bridgehead atoms. The first-order valence-electron chi connectivity index (χ1n) is 5.09. The number of hydrogen-bond acceptors (Lipinski definition) is 3. The molecule has 0 saturated heterocycles. The topological polar surface area (TPSA) is 33.1 Å². The lowest BCUT2D eigenvalue weighted by molar-refractivity contribution is 0.215. The van der Waals surface area contributed by atoms with Crippen molar-refractivity contribution in [2.45, 2.75) is 33.3 Å². The summed E-state index contributed by atoms with van der Waals surface area (Å²) in [6.07, 6.45) is 4.24. The third-order valence-corrected chi connectivity index (χ3v) is 3.39. The van der Waals surface area contributed by atoms with E-state index in [1.165, 1.54) is 3.58 Å². The van der Waals surface area contributed by atoms with Gasteiger partial charge in [-0.15, -0.1) is 11.3 Å². The number of hydrogen-bond donors (Lipinski definition) is 1. The fraction of sp³-hybridized carbons (Fsp3) is 0.417. The van der Waals surface area contributed by atoms with Crippen molar-refractivity contribution in [1.82, 2.24) is 4.98 Å². The van der Waals surface area contributed by atoms with Crippen molar-refractivity contribution >= 4 is 40.0 Å². The zero-order valence-corrected chi connectivity index (χ0v) is 12.7. The Morgan fingerprint density at radius 1 is 1.62 bits per heavy atom. The van der Waals surface area contributed by atoms with E-state index in [4.69, 9.17) is 0 Å². The van der Waals surface area contributed by atoms with Crippen molar-refractivity contribution in [1.29, 1.82) is 0 Å². The van der Waals surface area contributed by atoms with Crippen molar-refractivity contribution in [3.63, 3.8) is 0 Å². The monoisotopic (exact) mass is 349 g/mol. The third-order valence-electron chi connectivity index (χ3n) is 2.16. The fourth-order valence-electron chi connectivity index (χ4n) is 1.24. The second-order valence-corrected chi connectivity index (χ2v) is 6.49. The van der Waals surface area contributed by atoms with Gasteiger partial charge in [-0.2, -0.15) is 0 Å². The highest BCUT2D eigenvalue weighted by molar-refractivity contribution is 14.1. The Hall–Kier alpha value is -0.200. The highest BCUT2D eigenvalue weighted by Crippen LogP contribution is 2.16. The van der Waals surface area contributed by atoms with Gasteiger partial charge in [-0.25, -0.2) is 4.98 Å². The molecule has 0 amide bonds. The minimum absolute atomic E-state index is 0.410. The molecule has 0 radical (unpaired) electrons. The van der Waals surface area contributed by atoms with Crippen LogP contribution in [0.15, 0.2) is 20.6 Å². The number of aryl methyl sites for hydroxylation is 1. The number of aliphatic hydroxyl groups excluding tert-OH is 1. The average molecular weight is 349 g/mol. The van der Waals surface area contributed by atoms with Gasteiger partial charge in [0.05, 0.1) is 16.8 Å². The Bertz CT molecular complexity index is 405. The maximum Gasteiger partial charge on any atom is 0.0901 e. The Morgan fingerprint density at radius 2 is 2.31 bits per heavy atom. The van der Waals surface area contributed by atoms with Gasteiger partial charge in [0, 0.05) is 5.38 Å². The van der Waals surface area contributed by atoms with Gasteiger partial charge in [0.1, 0.15) is 0 Å². The summed E-state index contributed by atoms with van der Waals surface area (Å²) in [5, 5.41) is 13.0. The van der Waals surface area contributed by atoms with Crippen molar-refractivity contribution in [2.24, 2.45) is 0 Å². The zero-order valence-electron chi connectivity index (χ0n) is 9.70. The molecule has 88 valence electrons. The molecule has 1 aromatic rings. The Balaban J connectivity index is 2.66. The Kier molecular flexibility index (Phi) is 5.64. The van der Waals surface area contributed by atoms with Crippen LogP contribution in [-0.4, -0.2) is 16.2 Å². The van der Waals surface area contributed by atoms with Gasteiger partial charge in [0.25, 0.3) is 0 Å². The van der Waals surface area contributed by atoms with E-state index in [0.717, 1.165) is 16.3 Å². The van der Waals surface area contributed by atoms with Gasteiger partial charge >= 0.3 is 0 Å². The predicted molar refractivity (Wildman–Crippen MR) is 78.9 cm³/mol. The summed E-state index contributed by atoms with van der Waals surface area (Å²) in [5.41, 5.74) is 1.90. The molecule has 16 heavy (non-hydrogen) atoms. The maximum absolute atomic E-state index is 9.89. The second-order valence-electron chi connectivity index (χ2n) is 3.72. The van der Waals surface area contributed by atoms with Gasteiger partial charge in [-0.3, -0.25) is 0 Å². The number of rotatable bonds is 4. The lowest BCUT2D eigenvalue weighted by Gasteiger charge is -2.08. The van der Waals surface area contributed by atoms with Gasteiger partial charge in [0.2, 0.25) is 0 Å². The van der Waals surface area contributed by atoms with E-state index < -0.39 is 6.10 Å². The van der Waals surface area contributed by atoms with Crippen LogP contribution in [-0.2, 0) is 0 Å². The van der Waals surface area contributed by atoms with E-state index in [2.05, 4.69) is 27.6 Å². The highest BCUT2D eigenvalue weighted by Gasteiger charge is 2.05. The SMILES string of the molecule is CC(=Cc1csc(C)n1)[C@H](O)C/C=C(\C)I. The molecular formula is C12H16INOS. The molecule has 0 saturated carbocycles. The normalized spacial score (nSPS) is 15.3. The largest absolute Gasteiger partial charge is 0.388 e. The highest BCUT2D eigenvalue weighted by atomic mass is 127. The second kappa shape index (κ2) is 6.51. The van der Waals surface area contributed by atoms with Crippen LogP contribution >= 0.6 is 33.9 Å². The van der Waals surface area contributed by atoms with Gasteiger partial charge in [0.15, 0.2) is 0 Å². The molecule has 0 fully saturated rings. The molecule has 0 aromatic carbocycles. The molecule has 1 heterocycles. The number of nitrogens with zero attached hydrogens (tertiary/aromatic N) is 1. The third kappa shape index (κ3) is 4.76. The predicted octanol–water partition coefficient (Wildman–Crippen LogP) is 3.94. The molecule has 1 rings (SSSR count). The van der Waals surface area contributed by atoms with E-state index >= 15 is 0 Å². The number of allylic oxidation sites excluding steroid dienone is 1. The van der Waals surface area contributed by atoms with Crippen molar-refractivity contribution in [3.05, 3.63) is 31.3 Å². The summed E-state index contributed by atoms with van der Waals surface area (Å²) in [6.45, 7) is 5.95. The smallest absolute Gasteiger partial charge is 0.0901 e. The van der Waals surface area contributed by atoms with Crippen LogP contribution < -0.4 is 0 Å². The molecule has 1 aromatic heterocycles. The summed E-state index contributed by atoms with van der Waals surface area (Å²) >= 11 is 3.87. The van der Waals surface area contributed by atoms with Gasteiger partial charge < -0.3 is 5.11 Å². The quantitative estimate of drug-likeness (QED) is 0.835. The number of aliphatic hydroxyl groups is 1. The zero-order chi connectivity index (χ0) is 12.1. The molecule has 1 atom stereocenters. The van der Waals surface area contributed by atoms with Crippen LogP contribution in [0, 0.1) is 6.92 Å². The lowest BCUT2D eigenvalue weighted by atomic mass is 10.1. The van der Waals surface area contributed by atoms with Gasteiger partial charge in [-0.05, 0) is 65.0 Å². The van der Waals surface area contributed by atoms with Crippen LogP contribution in [0.2, 0.25) is 0 Å². The first-order valence-corrected chi connectivity index (χ1v) is 7.05. The molecule has 0 aliphatic carbocycles.